The smallest absolute Gasteiger partial charge is 0.330 e. The summed E-state index contributed by atoms with van der Waals surface area (Å²) >= 11 is 0. The second kappa shape index (κ2) is 10.0. The molecule has 0 unspecified atom stereocenters. The highest BCUT2D eigenvalue weighted by Crippen LogP contribution is 2.26. The number of phenols is 1. The normalized spacial score (nSPS) is 10.5. The van der Waals surface area contributed by atoms with Crippen molar-refractivity contribution in [1.29, 1.82) is 0 Å². The monoisotopic (exact) mass is 325 g/mol. The van der Waals surface area contributed by atoms with Gasteiger partial charge in [-0.3, -0.25) is 0 Å². The fourth-order valence-electron chi connectivity index (χ4n) is 1.70. The van der Waals surface area contributed by atoms with Crippen LogP contribution in [0, 0.1) is 10.1 Å². The average molecular weight is 325 g/mol. The predicted molar refractivity (Wildman–Crippen MR) is 81.4 cm³/mol. The van der Waals surface area contributed by atoms with Gasteiger partial charge < -0.3 is 19.4 Å². The highest BCUT2D eigenvalue weighted by Gasteiger charge is 2.02. The average Bonchev–Trinajstić information content (AvgIpc) is 2.52. The van der Waals surface area contributed by atoms with Crippen LogP contribution < -0.4 is 4.74 Å². The van der Waals surface area contributed by atoms with E-state index in [9.17, 15) is 20.0 Å². The second-order valence-electron chi connectivity index (χ2n) is 4.55. The molecule has 1 rings (SSSR count). The van der Waals surface area contributed by atoms with Crippen molar-refractivity contribution in [1.82, 2.24) is 0 Å². The lowest BCUT2D eigenvalue weighted by Gasteiger charge is -2.04. The Morgan fingerprint density at radius 2 is 2.04 bits per heavy atom. The minimum absolute atomic E-state index is 0.0216. The lowest BCUT2D eigenvalue weighted by atomic mass is 10.2. The van der Waals surface area contributed by atoms with Gasteiger partial charge in [0.2, 0.25) is 0 Å². The Kier molecular flexibility index (Phi) is 7.98. The number of esters is 1. The van der Waals surface area contributed by atoms with Gasteiger partial charge in [0.15, 0.2) is 11.5 Å². The standard InChI is InChI=1S/C15H19NO7/c1-21-14-11-12(5-7-13(14)17)6-8-15(18)22-9-3-2-4-10-23-16(19)20/h5-8,11,17H,2-4,9-10H2,1H3/b8-6+. The number of hydrogen-bond donors (Lipinski definition) is 1. The molecule has 0 spiro atoms. The Morgan fingerprint density at radius 3 is 2.74 bits per heavy atom. The molecule has 1 aromatic carbocycles. The van der Waals surface area contributed by atoms with Crippen LogP contribution in [0.25, 0.3) is 6.08 Å². The van der Waals surface area contributed by atoms with Crippen LogP contribution in [0.5, 0.6) is 11.5 Å². The number of nitrogens with zero attached hydrogens (tertiary/aromatic N) is 1. The summed E-state index contributed by atoms with van der Waals surface area (Å²) in [6.07, 6.45) is 4.63. The first-order chi connectivity index (χ1) is 11.0. The van der Waals surface area contributed by atoms with E-state index in [0.29, 0.717) is 30.6 Å². The SMILES string of the molecule is COc1cc(/C=C/C(=O)OCCCCCO[N+](=O)[O-])ccc1O. The fourth-order valence-corrected chi connectivity index (χ4v) is 1.70. The number of phenolic OH excluding ortho intramolecular Hbond substituents is 1. The van der Waals surface area contributed by atoms with Crippen molar-refractivity contribution >= 4 is 12.0 Å². The lowest BCUT2D eigenvalue weighted by molar-refractivity contribution is -0.757. The van der Waals surface area contributed by atoms with Crippen LogP contribution in [0.4, 0.5) is 0 Å². The minimum Gasteiger partial charge on any atom is -0.504 e. The van der Waals surface area contributed by atoms with Crippen molar-refractivity contribution in [2.75, 3.05) is 20.3 Å². The summed E-state index contributed by atoms with van der Waals surface area (Å²) in [5.41, 5.74) is 0.688. The molecule has 126 valence electrons. The number of hydrogen-bond acceptors (Lipinski definition) is 7. The molecular weight excluding hydrogens is 306 g/mol. The number of rotatable bonds is 10. The molecule has 0 amide bonds. The molecule has 0 aliphatic rings. The molecular formula is C15H19NO7. The Morgan fingerprint density at radius 1 is 1.30 bits per heavy atom. The summed E-state index contributed by atoms with van der Waals surface area (Å²) in [5, 5.41) is 18.5. The van der Waals surface area contributed by atoms with Gasteiger partial charge in [-0.05, 0) is 43.0 Å². The third-order valence-electron chi connectivity index (χ3n) is 2.85. The minimum atomic E-state index is -0.830. The Balaban J connectivity index is 2.24. The molecule has 0 bridgehead atoms. The van der Waals surface area contributed by atoms with Crippen molar-refractivity contribution in [3.63, 3.8) is 0 Å². The molecule has 1 N–H and O–H groups in total. The first-order valence-electron chi connectivity index (χ1n) is 7.02. The van der Waals surface area contributed by atoms with E-state index in [1.807, 2.05) is 0 Å². The topological polar surface area (TPSA) is 108 Å². The van der Waals surface area contributed by atoms with Crippen molar-refractivity contribution < 1.29 is 29.3 Å². The predicted octanol–water partition coefficient (Wildman–Crippen LogP) is 2.34. The van der Waals surface area contributed by atoms with Crippen molar-refractivity contribution in [2.24, 2.45) is 0 Å². The molecule has 0 saturated carbocycles. The number of aromatic hydroxyl groups is 1. The van der Waals surface area contributed by atoms with E-state index in [4.69, 9.17) is 9.47 Å². The molecule has 8 heteroatoms. The third-order valence-corrected chi connectivity index (χ3v) is 2.85. The van der Waals surface area contributed by atoms with Gasteiger partial charge in [0, 0.05) is 6.08 Å². The van der Waals surface area contributed by atoms with E-state index >= 15 is 0 Å². The van der Waals surface area contributed by atoms with Gasteiger partial charge in [-0.2, -0.15) is 0 Å². The van der Waals surface area contributed by atoms with Crippen LogP contribution in [0.3, 0.4) is 0 Å². The summed E-state index contributed by atoms with van der Waals surface area (Å²) in [7, 11) is 1.44. The molecule has 0 aliphatic heterocycles. The van der Waals surface area contributed by atoms with Crippen LogP contribution in [-0.4, -0.2) is 36.5 Å². The first kappa shape index (κ1) is 18.3. The lowest BCUT2D eigenvalue weighted by Crippen LogP contribution is -2.04. The summed E-state index contributed by atoms with van der Waals surface area (Å²) in [5.74, 6) is -0.149. The number of carbonyl (C=O) groups excluding carboxylic acids is 1. The molecule has 0 aliphatic carbocycles. The Labute approximate surface area is 133 Å². The number of benzene rings is 1. The summed E-state index contributed by atoms with van der Waals surface area (Å²) < 4.78 is 9.96. The largest absolute Gasteiger partial charge is 0.504 e. The summed E-state index contributed by atoms with van der Waals surface area (Å²) in [6.45, 7) is 0.282. The Hall–Kier alpha value is -2.77. The van der Waals surface area contributed by atoms with E-state index in [1.54, 1.807) is 18.2 Å². The van der Waals surface area contributed by atoms with Gasteiger partial charge in [0.25, 0.3) is 5.09 Å². The van der Waals surface area contributed by atoms with Crippen LogP contribution in [0.2, 0.25) is 0 Å². The van der Waals surface area contributed by atoms with E-state index in [2.05, 4.69) is 4.84 Å². The van der Waals surface area contributed by atoms with Crippen molar-refractivity contribution in [3.8, 4) is 11.5 Å². The van der Waals surface area contributed by atoms with E-state index in [1.165, 1.54) is 19.3 Å². The zero-order valence-electron chi connectivity index (χ0n) is 12.8. The Bertz CT molecular complexity index is 557. The van der Waals surface area contributed by atoms with Crippen LogP contribution in [0.1, 0.15) is 24.8 Å². The van der Waals surface area contributed by atoms with Gasteiger partial charge in [0.05, 0.1) is 20.3 Å². The van der Waals surface area contributed by atoms with Crippen LogP contribution in [0.15, 0.2) is 24.3 Å². The zero-order chi connectivity index (χ0) is 17.1. The molecule has 8 nitrogen and oxygen atoms in total. The van der Waals surface area contributed by atoms with Crippen LogP contribution in [-0.2, 0) is 14.4 Å². The van der Waals surface area contributed by atoms with Crippen molar-refractivity contribution in [2.45, 2.75) is 19.3 Å². The molecule has 23 heavy (non-hydrogen) atoms. The summed E-state index contributed by atoms with van der Waals surface area (Å²) in [6, 6.07) is 4.70. The quantitative estimate of drug-likeness (QED) is 0.231. The van der Waals surface area contributed by atoms with E-state index < -0.39 is 11.1 Å². The van der Waals surface area contributed by atoms with Crippen molar-refractivity contribution in [3.05, 3.63) is 40.0 Å². The summed E-state index contributed by atoms with van der Waals surface area (Å²) in [4.78, 5) is 25.6. The van der Waals surface area contributed by atoms with E-state index in [0.717, 1.165) is 0 Å². The second-order valence-corrected chi connectivity index (χ2v) is 4.55. The van der Waals surface area contributed by atoms with Crippen LogP contribution >= 0.6 is 0 Å². The van der Waals surface area contributed by atoms with Gasteiger partial charge in [-0.15, -0.1) is 10.1 Å². The maximum Gasteiger partial charge on any atom is 0.330 e. The number of carbonyl (C=O) groups is 1. The first-order valence-corrected chi connectivity index (χ1v) is 7.02. The highest BCUT2D eigenvalue weighted by molar-refractivity contribution is 5.87. The molecule has 0 aromatic heterocycles. The highest BCUT2D eigenvalue weighted by atomic mass is 16.9. The number of ether oxygens (including phenoxy) is 2. The molecule has 1 aromatic rings. The number of methoxy groups -OCH3 is 1. The molecule has 0 atom stereocenters. The maximum absolute atomic E-state index is 11.5. The molecule has 0 heterocycles. The van der Waals surface area contributed by atoms with Gasteiger partial charge in [0.1, 0.15) is 0 Å². The molecule has 0 saturated heterocycles. The van der Waals surface area contributed by atoms with Gasteiger partial charge in [-0.25, -0.2) is 4.79 Å². The van der Waals surface area contributed by atoms with Gasteiger partial charge >= 0.3 is 5.97 Å². The zero-order valence-corrected chi connectivity index (χ0v) is 12.8. The molecule has 0 fully saturated rings. The fraction of sp³-hybridized carbons (Fsp3) is 0.400. The number of unbranched alkanes of at least 4 members (excludes halogenated alkanes) is 2. The van der Waals surface area contributed by atoms with E-state index in [-0.39, 0.29) is 19.0 Å². The maximum atomic E-state index is 11.5. The van der Waals surface area contributed by atoms with Gasteiger partial charge in [-0.1, -0.05) is 6.07 Å². The molecule has 0 radical (unpaired) electrons. The third kappa shape index (κ3) is 7.70.